The number of rotatable bonds is 5. The standard InChI is InChI=1S/C16H17N5O3/c22-15-11-20(9-8-17-15)13-5-3-12(4-6-13)10-19-16-14(21(23)24)2-1-7-18-16/h1-7H,8-11H2,(H,17,22)(H,18,19). The summed E-state index contributed by atoms with van der Waals surface area (Å²) in [6, 6.07) is 10.7. The molecule has 0 bridgehead atoms. The second-order valence-corrected chi connectivity index (χ2v) is 5.42. The van der Waals surface area contributed by atoms with Gasteiger partial charge >= 0.3 is 5.69 Å². The van der Waals surface area contributed by atoms with E-state index >= 15 is 0 Å². The number of nitrogens with one attached hydrogen (secondary N) is 2. The average Bonchev–Trinajstić information content (AvgIpc) is 2.60. The zero-order chi connectivity index (χ0) is 16.9. The molecule has 2 heterocycles. The summed E-state index contributed by atoms with van der Waals surface area (Å²) >= 11 is 0. The summed E-state index contributed by atoms with van der Waals surface area (Å²) < 4.78 is 0. The van der Waals surface area contributed by atoms with Gasteiger partial charge in [-0.15, -0.1) is 0 Å². The molecule has 0 saturated carbocycles. The third-order valence-electron chi connectivity index (χ3n) is 3.78. The first-order valence-electron chi connectivity index (χ1n) is 7.57. The first-order valence-corrected chi connectivity index (χ1v) is 7.57. The maximum Gasteiger partial charge on any atom is 0.311 e. The third-order valence-corrected chi connectivity index (χ3v) is 3.78. The van der Waals surface area contributed by atoms with Crippen molar-refractivity contribution in [3.8, 4) is 0 Å². The summed E-state index contributed by atoms with van der Waals surface area (Å²) in [5.41, 5.74) is 1.91. The number of pyridine rings is 1. The summed E-state index contributed by atoms with van der Waals surface area (Å²) in [4.78, 5) is 28.0. The summed E-state index contributed by atoms with van der Waals surface area (Å²) in [5, 5.41) is 16.7. The van der Waals surface area contributed by atoms with Crippen molar-refractivity contribution in [1.29, 1.82) is 0 Å². The minimum absolute atomic E-state index is 0.0226. The van der Waals surface area contributed by atoms with Crippen LogP contribution in [0.25, 0.3) is 0 Å². The Hall–Kier alpha value is -3.16. The van der Waals surface area contributed by atoms with Crippen molar-refractivity contribution in [3.05, 3.63) is 58.3 Å². The van der Waals surface area contributed by atoms with Crippen LogP contribution in [0.1, 0.15) is 5.56 Å². The van der Waals surface area contributed by atoms with Crippen LogP contribution in [0, 0.1) is 10.1 Å². The van der Waals surface area contributed by atoms with Crippen molar-refractivity contribution < 1.29 is 9.72 Å². The molecule has 1 aliphatic heterocycles. The van der Waals surface area contributed by atoms with Crippen LogP contribution in [-0.4, -0.2) is 35.4 Å². The van der Waals surface area contributed by atoms with Gasteiger partial charge in [0.1, 0.15) is 0 Å². The number of aromatic nitrogens is 1. The molecule has 124 valence electrons. The minimum Gasteiger partial charge on any atom is -0.360 e. The smallest absolute Gasteiger partial charge is 0.311 e. The number of carbonyl (C=O) groups is 1. The van der Waals surface area contributed by atoms with Crippen molar-refractivity contribution in [2.24, 2.45) is 0 Å². The van der Waals surface area contributed by atoms with Gasteiger partial charge in [0, 0.05) is 37.6 Å². The van der Waals surface area contributed by atoms with Crippen molar-refractivity contribution in [1.82, 2.24) is 10.3 Å². The molecule has 1 amide bonds. The number of hydrogen-bond acceptors (Lipinski definition) is 6. The molecule has 0 radical (unpaired) electrons. The monoisotopic (exact) mass is 327 g/mol. The molecule has 2 N–H and O–H groups in total. The number of carbonyl (C=O) groups excluding carboxylic acids is 1. The van der Waals surface area contributed by atoms with Gasteiger partial charge in [0.15, 0.2) is 0 Å². The van der Waals surface area contributed by atoms with E-state index in [1.807, 2.05) is 29.2 Å². The Morgan fingerprint density at radius 1 is 1.29 bits per heavy atom. The molecule has 0 aliphatic carbocycles. The van der Waals surface area contributed by atoms with Crippen LogP contribution in [0.3, 0.4) is 0 Å². The highest BCUT2D eigenvalue weighted by Crippen LogP contribution is 2.21. The largest absolute Gasteiger partial charge is 0.360 e. The van der Waals surface area contributed by atoms with E-state index in [4.69, 9.17) is 0 Å². The highest BCUT2D eigenvalue weighted by molar-refractivity contribution is 5.82. The van der Waals surface area contributed by atoms with E-state index in [9.17, 15) is 14.9 Å². The highest BCUT2D eigenvalue weighted by atomic mass is 16.6. The number of piperazine rings is 1. The van der Waals surface area contributed by atoms with Gasteiger partial charge in [0.2, 0.25) is 11.7 Å². The molecule has 0 spiro atoms. The van der Waals surface area contributed by atoms with Gasteiger partial charge in [-0.3, -0.25) is 14.9 Å². The van der Waals surface area contributed by atoms with Gasteiger partial charge in [-0.25, -0.2) is 4.98 Å². The predicted octanol–water partition coefficient (Wildman–Crippen LogP) is 1.54. The van der Waals surface area contributed by atoms with E-state index in [2.05, 4.69) is 15.6 Å². The SMILES string of the molecule is O=C1CN(c2ccc(CNc3ncccc3[N+](=O)[O-])cc2)CCN1. The number of benzene rings is 1. The summed E-state index contributed by atoms with van der Waals surface area (Å²) in [6.45, 7) is 2.21. The molecule has 1 fully saturated rings. The van der Waals surface area contributed by atoms with Gasteiger partial charge in [-0.1, -0.05) is 12.1 Å². The minimum atomic E-state index is -0.458. The lowest BCUT2D eigenvalue weighted by Crippen LogP contribution is -2.47. The summed E-state index contributed by atoms with van der Waals surface area (Å²) in [6.07, 6.45) is 1.51. The van der Waals surface area contributed by atoms with Gasteiger partial charge in [-0.2, -0.15) is 0 Å². The van der Waals surface area contributed by atoms with Crippen molar-refractivity contribution in [2.45, 2.75) is 6.54 Å². The van der Waals surface area contributed by atoms with Crippen LogP contribution < -0.4 is 15.5 Å². The second kappa shape index (κ2) is 6.95. The zero-order valence-electron chi connectivity index (χ0n) is 12.9. The Kier molecular flexibility index (Phi) is 4.55. The topological polar surface area (TPSA) is 100 Å². The van der Waals surface area contributed by atoms with E-state index in [-0.39, 0.29) is 17.4 Å². The number of nitro groups is 1. The number of amides is 1. The Labute approximate surface area is 138 Å². The van der Waals surface area contributed by atoms with E-state index in [1.54, 1.807) is 0 Å². The van der Waals surface area contributed by atoms with Crippen LogP contribution in [-0.2, 0) is 11.3 Å². The lowest BCUT2D eigenvalue weighted by molar-refractivity contribution is -0.384. The molecule has 8 heteroatoms. The van der Waals surface area contributed by atoms with Gasteiger partial charge < -0.3 is 15.5 Å². The van der Waals surface area contributed by atoms with Crippen molar-refractivity contribution >= 4 is 23.1 Å². The molecule has 8 nitrogen and oxygen atoms in total. The molecule has 2 aromatic rings. The molecule has 24 heavy (non-hydrogen) atoms. The first-order chi connectivity index (χ1) is 11.6. The molecule has 1 aromatic heterocycles. The maximum absolute atomic E-state index is 11.4. The van der Waals surface area contributed by atoms with E-state index in [0.29, 0.717) is 19.6 Å². The van der Waals surface area contributed by atoms with Crippen LogP contribution in [0.15, 0.2) is 42.6 Å². The van der Waals surface area contributed by atoms with Crippen LogP contribution in [0.4, 0.5) is 17.2 Å². The predicted molar refractivity (Wildman–Crippen MR) is 89.9 cm³/mol. The average molecular weight is 327 g/mol. The van der Waals surface area contributed by atoms with Gasteiger partial charge in [0.05, 0.1) is 11.5 Å². The molecular weight excluding hydrogens is 310 g/mol. The lowest BCUT2D eigenvalue weighted by atomic mass is 10.2. The van der Waals surface area contributed by atoms with E-state index in [0.717, 1.165) is 17.8 Å². The van der Waals surface area contributed by atoms with Gasteiger partial charge in [0.25, 0.3) is 0 Å². The van der Waals surface area contributed by atoms with E-state index < -0.39 is 4.92 Å². The third kappa shape index (κ3) is 3.60. The molecule has 3 rings (SSSR count). The molecule has 0 atom stereocenters. The number of nitrogens with zero attached hydrogens (tertiary/aromatic N) is 3. The molecule has 1 saturated heterocycles. The Morgan fingerprint density at radius 2 is 2.08 bits per heavy atom. The second-order valence-electron chi connectivity index (χ2n) is 5.42. The molecular formula is C16H17N5O3. The maximum atomic E-state index is 11.4. The van der Waals surface area contributed by atoms with Crippen LogP contribution in [0.5, 0.6) is 0 Å². The molecule has 1 aromatic carbocycles. The lowest BCUT2D eigenvalue weighted by Gasteiger charge is -2.28. The number of anilines is 2. The fraction of sp³-hybridized carbons (Fsp3) is 0.250. The number of hydrogen-bond donors (Lipinski definition) is 2. The highest BCUT2D eigenvalue weighted by Gasteiger charge is 2.16. The molecule has 0 unspecified atom stereocenters. The summed E-state index contributed by atoms with van der Waals surface area (Å²) in [5.74, 6) is 0.272. The zero-order valence-corrected chi connectivity index (χ0v) is 12.9. The van der Waals surface area contributed by atoms with E-state index in [1.165, 1.54) is 18.3 Å². The Balaban J connectivity index is 1.65. The first kappa shape index (κ1) is 15.7. The Bertz CT molecular complexity index is 748. The Morgan fingerprint density at radius 3 is 2.79 bits per heavy atom. The van der Waals surface area contributed by atoms with Crippen molar-refractivity contribution in [2.75, 3.05) is 29.9 Å². The van der Waals surface area contributed by atoms with Gasteiger partial charge in [-0.05, 0) is 23.8 Å². The normalized spacial score (nSPS) is 14.2. The quantitative estimate of drug-likeness (QED) is 0.638. The fourth-order valence-electron chi connectivity index (χ4n) is 2.55. The van der Waals surface area contributed by atoms with Crippen LogP contribution in [0.2, 0.25) is 0 Å². The van der Waals surface area contributed by atoms with Crippen molar-refractivity contribution in [3.63, 3.8) is 0 Å². The van der Waals surface area contributed by atoms with Crippen LogP contribution >= 0.6 is 0 Å². The molecule has 1 aliphatic rings. The fourth-order valence-corrected chi connectivity index (χ4v) is 2.55. The summed E-state index contributed by atoms with van der Waals surface area (Å²) in [7, 11) is 0.